The summed E-state index contributed by atoms with van der Waals surface area (Å²) >= 11 is 0. The van der Waals surface area contributed by atoms with Crippen molar-refractivity contribution >= 4 is 21.4 Å². The Morgan fingerprint density at radius 2 is 1.73 bits per heavy atom. The number of ether oxygens (including phenoxy) is 3. The van der Waals surface area contributed by atoms with Crippen LogP contribution in [0.25, 0.3) is 0 Å². The summed E-state index contributed by atoms with van der Waals surface area (Å²) < 4.78 is 90.8. The van der Waals surface area contributed by atoms with E-state index in [0.717, 1.165) is 5.56 Å². The lowest BCUT2D eigenvalue weighted by Gasteiger charge is -2.41. The van der Waals surface area contributed by atoms with E-state index in [0.29, 0.717) is 30.6 Å². The summed E-state index contributed by atoms with van der Waals surface area (Å²) in [5, 5.41) is 12.7. The van der Waals surface area contributed by atoms with Gasteiger partial charge in [0.05, 0.1) is 35.9 Å². The summed E-state index contributed by atoms with van der Waals surface area (Å²) in [7, 11) is -3.40. The molecule has 1 saturated heterocycles. The van der Waals surface area contributed by atoms with E-state index in [4.69, 9.17) is 0 Å². The smallest absolute Gasteiger partial charge is 0.395 e. The van der Waals surface area contributed by atoms with Crippen LogP contribution in [0.3, 0.4) is 0 Å². The molecule has 2 heterocycles. The zero-order valence-corrected chi connectivity index (χ0v) is 25.0. The number of nitrogens with zero attached hydrogens (tertiary/aromatic N) is 1. The molecule has 3 aromatic carbocycles. The lowest BCUT2D eigenvalue weighted by Crippen LogP contribution is -2.45. The molecule has 0 aromatic heterocycles. The summed E-state index contributed by atoms with van der Waals surface area (Å²) in [6.07, 6.45) is -2.69. The second-order valence-electron chi connectivity index (χ2n) is 10.8. The molecule has 0 bridgehead atoms. The number of anilines is 1. The van der Waals surface area contributed by atoms with Crippen molar-refractivity contribution in [2.75, 3.05) is 30.4 Å². The molecule has 0 spiro atoms. The molecular formula is C31H32F4N2O7S. The largest absolute Gasteiger partial charge is 0.586 e. The number of carbonyl (C=O) groups excluding carboxylic acids is 1. The van der Waals surface area contributed by atoms with Crippen LogP contribution in [0.2, 0.25) is 0 Å². The van der Waals surface area contributed by atoms with Crippen LogP contribution in [0.15, 0.2) is 71.6 Å². The number of aliphatic hydroxyl groups is 1. The number of amides is 1. The molecule has 3 unspecified atom stereocenters. The van der Waals surface area contributed by atoms with E-state index in [2.05, 4.69) is 19.5 Å². The van der Waals surface area contributed by atoms with Gasteiger partial charge in [-0.15, -0.1) is 8.78 Å². The number of sulfone groups is 1. The molecule has 0 radical (unpaired) electrons. The van der Waals surface area contributed by atoms with Crippen molar-refractivity contribution in [2.24, 2.45) is 0 Å². The van der Waals surface area contributed by atoms with Crippen LogP contribution in [0, 0.1) is 0 Å². The predicted octanol–water partition coefficient (Wildman–Crippen LogP) is 5.26. The van der Waals surface area contributed by atoms with Crippen molar-refractivity contribution in [2.45, 2.75) is 55.6 Å². The number of alkyl halides is 4. The summed E-state index contributed by atoms with van der Waals surface area (Å²) in [6, 6.07) is 15.8. The quantitative estimate of drug-likeness (QED) is 0.270. The van der Waals surface area contributed by atoms with Crippen LogP contribution in [0.5, 0.6) is 11.5 Å². The van der Waals surface area contributed by atoms with Gasteiger partial charge in [0.2, 0.25) is 0 Å². The molecule has 45 heavy (non-hydrogen) atoms. The first-order valence-corrected chi connectivity index (χ1v) is 15.9. The molecule has 3 aromatic rings. The topological polar surface area (TPSA) is 114 Å². The first-order chi connectivity index (χ1) is 21.4. The molecule has 14 heteroatoms. The van der Waals surface area contributed by atoms with Crippen LogP contribution >= 0.6 is 0 Å². The van der Waals surface area contributed by atoms with Gasteiger partial charge in [-0.3, -0.25) is 4.79 Å². The number of fused-ring (bicyclic) bond motifs is 1. The average molecular weight is 653 g/mol. The molecule has 2 aliphatic heterocycles. The monoisotopic (exact) mass is 652 g/mol. The maximum absolute atomic E-state index is 13.5. The molecule has 0 aliphatic carbocycles. The molecular weight excluding hydrogens is 620 g/mol. The summed E-state index contributed by atoms with van der Waals surface area (Å²) in [5.74, 6) is -0.843. The Labute approximate surface area is 257 Å². The van der Waals surface area contributed by atoms with E-state index in [1.54, 1.807) is 30.3 Å². The second kappa shape index (κ2) is 13.2. The van der Waals surface area contributed by atoms with Gasteiger partial charge < -0.3 is 29.5 Å². The number of piperidine rings is 1. The fourth-order valence-electron chi connectivity index (χ4n) is 5.55. The van der Waals surface area contributed by atoms with Crippen LogP contribution in [-0.4, -0.2) is 63.9 Å². The second-order valence-corrected chi connectivity index (χ2v) is 13.1. The molecule has 5 rings (SSSR count). The lowest BCUT2D eigenvalue weighted by atomic mass is 9.87. The maximum atomic E-state index is 13.5. The molecule has 2 N–H and O–H groups in total. The Morgan fingerprint density at radius 3 is 2.38 bits per heavy atom. The van der Waals surface area contributed by atoms with Gasteiger partial charge in [0.1, 0.15) is 0 Å². The van der Waals surface area contributed by atoms with Crippen LogP contribution in [0.4, 0.5) is 23.2 Å². The van der Waals surface area contributed by atoms with Crippen molar-refractivity contribution < 1.29 is 50.1 Å². The fourth-order valence-corrected chi connectivity index (χ4v) is 6.43. The number of aliphatic hydroxyl groups excluding tert-OH is 1. The summed E-state index contributed by atoms with van der Waals surface area (Å²) in [6.45, 7) is -1.72. The Morgan fingerprint density at radius 1 is 1.04 bits per heavy atom. The van der Waals surface area contributed by atoms with Crippen molar-refractivity contribution in [3.63, 3.8) is 0 Å². The Kier molecular flexibility index (Phi) is 9.56. The van der Waals surface area contributed by atoms with E-state index in [9.17, 15) is 35.9 Å². The molecule has 0 saturated carbocycles. The number of hydrogen-bond donors (Lipinski definition) is 2. The minimum atomic E-state index is -3.75. The Hall–Kier alpha value is -3.88. The van der Waals surface area contributed by atoms with Crippen molar-refractivity contribution in [3.8, 4) is 11.5 Å². The van der Waals surface area contributed by atoms with Gasteiger partial charge in [0.15, 0.2) is 21.3 Å². The van der Waals surface area contributed by atoms with Crippen LogP contribution < -0.4 is 19.7 Å². The molecule has 1 fully saturated rings. The maximum Gasteiger partial charge on any atom is 0.586 e. The van der Waals surface area contributed by atoms with E-state index >= 15 is 0 Å². The van der Waals surface area contributed by atoms with Gasteiger partial charge in [-0.2, -0.15) is 8.78 Å². The third-order valence-corrected chi connectivity index (χ3v) is 9.74. The number of carbonyl (C=O) groups is 1. The molecule has 242 valence electrons. The first kappa shape index (κ1) is 32.5. The highest BCUT2D eigenvalue weighted by molar-refractivity contribution is 7.91. The number of rotatable bonds is 11. The zero-order chi connectivity index (χ0) is 32.4. The van der Waals surface area contributed by atoms with Gasteiger partial charge in [0, 0.05) is 23.7 Å². The first-order valence-electron chi connectivity index (χ1n) is 14.3. The fraction of sp³-hybridized carbons (Fsp3) is 0.387. The van der Waals surface area contributed by atoms with Gasteiger partial charge in [-0.25, -0.2) is 8.42 Å². The highest BCUT2D eigenvalue weighted by Crippen LogP contribution is 2.44. The van der Waals surface area contributed by atoms with Crippen LogP contribution in [0.1, 0.15) is 53.2 Å². The van der Waals surface area contributed by atoms with Gasteiger partial charge in [-0.1, -0.05) is 25.1 Å². The van der Waals surface area contributed by atoms with E-state index in [-0.39, 0.29) is 40.2 Å². The van der Waals surface area contributed by atoms with Crippen molar-refractivity contribution in [3.05, 3.63) is 83.4 Å². The highest BCUT2D eigenvalue weighted by atomic mass is 32.2. The summed E-state index contributed by atoms with van der Waals surface area (Å²) in [5.41, 5.74) is 2.15. The lowest BCUT2D eigenvalue weighted by molar-refractivity contribution is -0.286. The number of hydrogen-bond acceptors (Lipinski definition) is 8. The Bertz CT molecular complexity index is 1610. The molecule has 2 aliphatic rings. The normalized spacial score (nSPS) is 19.8. The third-order valence-electron chi connectivity index (χ3n) is 7.99. The minimum absolute atomic E-state index is 0.0551. The average Bonchev–Trinajstić information content (AvgIpc) is 3.35. The van der Waals surface area contributed by atoms with E-state index in [1.165, 1.54) is 43.3 Å². The predicted molar refractivity (Wildman–Crippen MR) is 156 cm³/mol. The molecule has 3 atom stereocenters. The van der Waals surface area contributed by atoms with Crippen molar-refractivity contribution in [1.82, 2.24) is 5.32 Å². The zero-order valence-electron chi connectivity index (χ0n) is 24.2. The SMILES string of the molecule is CCS(=O)(=O)c1ccc(C(CO)NC(=O)c2ccc(N3CC(c4ccc5c(c4)OC(F)(F)O5)CCC3COC(F)F)cc2)cc1. The van der Waals surface area contributed by atoms with Gasteiger partial charge in [-0.05, 0) is 72.5 Å². The van der Waals surface area contributed by atoms with Gasteiger partial charge in [0.25, 0.3) is 5.91 Å². The summed E-state index contributed by atoms with van der Waals surface area (Å²) in [4.78, 5) is 15.1. The molecule has 9 nitrogen and oxygen atoms in total. The third kappa shape index (κ3) is 7.51. The number of halogens is 4. The standard InChI is InChI=1S/C31H32F4N2O7S/c1-2-45(40,41)25-12-6-19(7-13-25)26(17-38)36-29(39)20-3-9-23(10-4-20)37-16-22(5-11-24(37)18-42-30(32)33)21-8-14-27-28(15-21)44-31(34,35)43-27/h3-4,6-10,12-15,22,24,26,30,38H,2,5,11,16-18H2,1H3,(H,36,39). The van der Waals surface area contributed by atoms with E-state index in [1.807, 2.05) is 4.90 Å². The Balaban J connectivity index is 1.30. The minimum Gasteiger partial charge on any atom is -0.395 e. The highest BCUT2D eigenvalue weighted by Gasteiger charge is 2.44. The van der Waals surface area contributed by atoms with E-state index < -0.39 is 47.3 Å². The van der Waals surface area contributed by atoms with Crippen molar-refractivity contribution in [1.29, 1.82) is 0 Å². The van der Waals surface area contributed by atoms with Crippen LogP contribution in [-0.2, 0) is 14.6 Å². The number of nitrogens with one attached hydrogen (secondary N) is 1. The van der Waals surface area contributed by atoms with Gasteiger partial charge >= 0.3 is 12.9 Å². The number of benzene rings is 3. The molecule has 1 amide bonds.